The monoisotopic (exact) mass is 348 g/mol. The van der Waals surface area contributed by atoms with Crippen LogP contribution in [-0.4, -0.2) is 18.0 Å². The van der Waals surface area contributed by atoms with E-state index in [1.807, 2.05) is 42.5 Å². The van der Waals surface area contributed by atoms with E-state index in [1.54, 1.807) is 37.6 Å². The Kier molecular flexibility index (Phi) is 5.83. The maximum atomic E-state index is 12.3. The second kappa shape index (κ2) is 8.67. The molecule has 1 amide bonds. The van der Waals surface area contributed by atoms with Crippen molar-refractivity contribution in [3.63, 3.8) is 0 Å². The molecule has 0 aliphatic carbocycles. The molecule has 1 N–H and O–H groups in total. The molecular weight excluding hydrogens is 328 g/mol. The first kappa shape index (κ1) is 17.5. The van der Waals surface area contributed by atoms with Crippen LogP contribution in [0.2, 0.25) is 0 Å². The van der Waals surface area contributed by atoms with E-state index in [-0.39, 0.29) is 5.91 Å². The largest absolute Gasteiger partial charge is 0.497 e. The van der Waals surface area contributed by atoms with E-state index >= 15 is 0 Å². The van der Waals surface area contributed by atoms with Crippen LogP contribution in [0, 0.1) is 0 Å². The molecule has 132 valence electrons. The normalized spacial score (nSPS) is 10.2. The zero-order valence-corrected chi connectivity index (χ0v) is 14.5. The van der Waals surface area contributed by atoms with Crippen molar-refractivity contribution in [2.75, 3.05) is 7.11 Å². The van der Waals surface area contributed by atoms with Gasteiger partial charge >= 0.3 is 0 Å². The molecule has 0 aliphatic heterocycles. The first-order chi connectivity index (χ1) is 12.7. The molecule has 0 saturated carbocycles. The van der Waals surface area contributed by atoms with E-state index in [9.17, 15) is 4.79 Å². The van der Waals surface area contributed by atoms with Crippen LogP contribution in [0.4, 0.5) is 0 Å². The second-order valence-electron chi connectivity index (χ2n) is 5.67. The third kappa shape index (κ3) is 4.83. The zero-order chi connectivity index (χ0) is 18.2. The number of methoxy groups -OCH3 is 1. The minimum atomic E-state index is -0.149. The van der Waals surface area contributed by atoms with Crippen LogP contribution in [0.1, 0.15) is 21.6 Å². The number of benzene rings is 2. The predicted molar refractivity (Wildman–Crippen MR) is 99.2 cm³/mol. The Morgan fingerprint density at radius 1 is 1.00 bits per heavy atom. The Morgan fingerprint density at radius 3 is 2.65 bits per heavy atom. The van der Waals surface area contributed by atoms with Crippen molar-refractivity contribution in [3.05, 3.63) is 89.7 Å². The lowest BCUT2D eigenvalue weighted by molar-refractivity contribution is 0.0950. The Morgan fingerprint density at radius 2 is 1.85 bits per heavy atom. The number of hydrogen-bond acceptors (Lipinski definition) is 4. The van der Waals surface area contributed by atoms with Gasteiger partial charge in [-0.3, -0.25) is 9.78 Å². The van der Waals surface area contributed by atoms with Gasteiger partial charge in [0.25, 0.3) is 5.91 Å². The van der Waals surface area contributed by atoms with Gasteiger partial charge in [0.05, 0.1) is 12.8 Å². The van der Waals surface area contributed by atoms with E-state index in [1.165, 1.54) is 0 Å². The topological polar surface area (TPSA) is 60.5 Å². The molecular formula is C21H20N2O3. The van der Waals surface area contributed by atoms with Crippen molar-refractivity contribution in [3.8, 4) is 11.5 Å². The van der Waals surface area contributed by atoms with Gasteiger partial charge in [-0.25, -0.2) is 0 Å². The summed E-state index contributed by atoms with van der Waals surface area (Å²) < 4.78 is 10.9. The maximum absolute atomic E-state index is 12.3. The molecule has 0 atom stereocenters. The lowest BCUT2D eigenvalue weighted by Crippen LogP contribution is -2.22. The number of carbonyl (C=O) groups excluding carboxylic acids is 1. The number of pyridine rings is 1. The second-order valence-corrected chi connectivity index (χ2v) is 5.67. The Balaban J connectivity index is 1.57. The van der Waals surface area contributed by atoms with Crippen molar-refractivity contribution >= 4 is 5.91 Å². The van der Waals surface area contributed by atoms with Crippen LogP contribution < -0.4 is 14.8 Å². The van der Waals surface area contributed by atoms with Gasteiger partial charge in [-0.05, 0) is 48.0 Å². The summed E-state index contributed by atoms with van der Waals surface area (Å²) in [7, 11) is 1.58. The predicted octanol–water partition coefficient (Wildman–Crippen LogP) is 3.60. The summed E-state index contributed by atoms with van der Waals surface area (Å²) in [4.78, 5) is 16.5. The lowest BCUT2D eigenvalue weighted by Gasteiger charge is -2.09. The van der Waals surface area contributed by atoms with Crippen LogP contribution in [0.15, 0.2) is 72.9 Å². The average Bonchev–Trinajstić information content (AvgIpc) is 2.71. The molecule has 0 unspecified atom stereocenters. The Hall–Kier alpha value is -3.34. The third-order valence-electron chi connectivity index (χ3n) is 3.80. The zero-order valence-electron chi connectivity index (χ0n) is 14.5. The lowest BCUT2D eigenvalue weighted by atomic mass is 10.2. The van der Waals surface area contributed by atoms with E-state index in [0.717, 1.165) is 17.0 Å². The first-order valence-corrected chi connectivity index (χ1v) is 8.28. The quantitative estimate of drug-likeness (QED) is 0.709. The van der Waals surface area contributed by atoms with Gasteiger partial charge in [0.1, 0.15) is 18.1 Å². The molecule has 0 aliphatic rings. The molecule has 0 radical (unpaired) electrons. The van der Waals surface area contributed by atoms with Gasteiger partial charge in [0.15, 0.2) is 0 Å². The summed E-state index contributed by atoms with van der Waals surface area (Å²) in [6.45, 7) is 0.817. The summed E-state index contributed by atoms with van der Waals surface area (Å²) in [6, 6.07) is 20.4. The number of carbonyl (C=O) groups is 1. The minimum absolute atomic E-state index is 0.149. The summed E-state index contributed by atoms with van der Waals surface area (Å²) in [5.74, 6) is 1.25. The molecule has 0 spiro atoms. The number of nitrogens with zero attached hydrogens (tertiary/aromatic N) is 1. The minimum Gasteiger partial charge on any atom is -0.497 e. The molecule has 26 heavy (non-hydrogen) atoms. The number of nitrogens with one attached hydrogen (secondary N) is 1. The summed E-state index contributed by atoms with van der Waals surface area (Å²) in [5, 5.41) is 2.91. The number of amides is 1. The highest BCUT2D eigenvalue weighted by molar-refractivity contribution is 5.94. The molecule has 5 heteroatoms. The SMILES string of the molecule is COc1cccc(C(=O)NCc2cccc(OCc3ccccn3)c2)c1. The van der Waals surface area contributed by atoms with Crippen LogP contribution in [0.3, 0.4) is 0 Å². The number of aromatic nitrogens is 1. The molecule has 5 nitrogen and oxygen atoms in total. The Labute approximate surface area is 152 Å². The fourth-order valence-corrected chi connectivity index (χ4v) is 2.43. The highest BCUT2D eigenvalue weighted by atomic mass is 16.5. The first-order valence-electron chi connectivity index (χ1n) is 8.28. The van der Waals surface area contributed by atoms with Crippen molar-refractivity contribution in [2.24, 2.45) is 0 Å². The third-order valence-corrected chi connectivity index (χ3v) is 3.80. The molecule has 1 heterocycles. The van der Waals surface area contributed by atoms with Crippen molar-refractivity contribution in [2.45, 2.75) is 13.2 Å². The molecule has 0 saturated heterocycles. The summed E-state index contributed by atoms with van der Waals surface area (Å²) >= 11 is 0. The van der Waals surface area contributed by atoms with Crippen LogP contribution in [0.25, 0.3) is 0 Å². The van der Waals surface area contributed by atoms with Gasteiger partial charge in [-0.15, -0.1) is 0 Å². The highest BCUT2D eigenvalue weighted by Crippen LogP contribution is 2.16. The van der Waals surface area contributed by atoms with E-state index in [2.05, 4.69) is 10.3 Å². The smallest absolute Gasteiger partial charge is 0.251 e. The molecule has 1 aromatic heterocycles. The number of rotatable bonds is 7. The molecule has 3 rings (SSSR count). The maximum Gasteiger partial charge on any atom is 0.251 e. The summed E-state index contributed by atoms with van der Waals surface area (Å²) in [5.41, 5.74) is 2.39. The van der Waals surface area contributed by atoms with Gasteiger partial charge in [0.2, 0.25) is 0 Å². The van der Waals surface area contributed by atoms with Gasteiger partial charge in [-0.1, -0.05) is 24.3 Å². The average molecular weight is 348 g/mol. The van der Waals surface area contributed by atoms with Gasteiger partial charge < -0.3 is 14.8 Å². The summed E-state index contributed by atoms with van der Waals surface area (Å²) in [6.07, 6.45) is 1.74. The van der Waals surface area contributed by atoms with Crippen LogP contribution in [0.5, 0.6) is 11.5 Å². The molecule has 2 aromatic carbocycles. The number of hydrogen-bond donors (Lipinski definition) is 1. The van der Waals surface area contributed by atoms with Crippen LogP contribution >= 0.6 is 0 Å². The van der Waals surface area contributed by atoms with E-state index < -0.39 is 0 Å². The van der Waals surface area contributed by atoms with Crippen molar-refractivity contribution in [1.82, 2.24) is 10.3 Å². The van der Waals surface area contributed by atoms with Crippen molar-refractivity contribution in [1.29, 1.82) is 0 Å². The standard InChI is InChI=1S/C21H20N2O3/c1-25-19-9-5-7-17(13-19)21(24)23-14-16-6-4-10-20(12-16)26-15-18-8-2-3-11-22-18/h2-13H,14-15H2,1H3,(H,23,24). The van der Waals surface area contributed by atoms with E-state index in [4.69, 9.17) is 9.47 Å². The Bertz CT molecular complexity index is 866. The molecule has 0 bridgehead atoms. The fraction of sp³-hybridized carbons (Fsp3) is 0.143. The van der Waals surface area contributed by atoms with E-state index in [0.29, 0.717) is 24.5 Å². The van der Waals surface area contributed by atoms with Gasteiger partial charge in [0, 0.05) is 18.3 Å². The molecule has 0 fully saturated rings. The molecule has 3 aromatic rings. The van der Waals surface area contributed by atoms with Gasteiger partial charge in [-0.2, -0.15) is 0 Å². The number of ether oxygens (including phenoxy) is 2. The van der Waals surface area contributed by atoms with Crippen molar-refractivity contribution < 1.29 is 14.3 Å². The highest BCUT2D eigenvalue weighted by Gasteiger charge is 2.07. The van der Waals surface area contributed by atoms with Crippen LogP contribution in [-0.2, 0) is 13.2 Å². The fourth-order valence-electron chi connectivity index (χ4n) is 2.43.